The van der Waals surface area contributed by atoms with Crippen molar-refractivity contribution in [3.63, 3.8) is 0 Å². The predicted octanol–water partition coefficient (Wildman–Crippen LogP) is 3.21. The lowest BCUT2D eigenvalue weighted by atomic mass is 10.1. The van der Waals surface area contributed by atoms with Gasteiger partial charge in [0.15, 0.2) is 0 Å². The third-order valence-corrected chi connectivity index (χ3v) is 1.99. The van der Waals surface area contributed by atoms with Crippen molar-refractivity contribution in [1.82, 2.24) is 0 Å². The second-order valence-corrected chi connectivity index (χ2v) is 3.29. The molecule has 0 amide bonds. The highest BCUT2D eigenvalue weighted by molar-refractivity contribution is 6.28. The molecule has 0 aromatic heterocycles. The van der Waals surface area contributed by atoms with Gasteiger partial charge < -0.3 is 5.73 Å². The van der Waals surface area contributed by atoms with E-state index in [2.05, 4.69) is 4.99 Å². The smallest absolute Gasteiger partial charge is 0.386 e. The fraction of sp³-hybridized carbons (Fsp3) is 0.222. The van der Waals surface area contributed by atoms with Crippen LogP contribution in [0.4, 0.5) is 27.6 Å². The molecule has 8 heteroatoms. The van der Waals surface area contributed by atoms with Crippen LogP contribution in [-0.4, -0.2) is 11.7 Å². The Balaban J connectivity index is 3.28. The molecule has 1 aromatic carbocycles. The van der Waals surface area contributed by atoms with E-state index < -0.39 is 23.4 Å². The highest BCUT2D eigenvalue weighted by Crippen LogP contribution is 2.35. The van der Waals surface area contributed by atoms with Gasteiger partial charge in [0.2, 0.25) is 0 Å². The van der Waals surface area contributed by atoms with Crippen LogP contribution in [0.2, 0.25) is 0 Å². The molecule has 17 heavy (non-hydrogen) atoms. The molecule has 0 saturated carbocycles. The van der Waals surface area contributed by atoms with Crippen molar-refractivity contribution in [3.8, 4) is 0 Å². The van der Waals surface area contributed by atoms with Gasteiger partial charge >= 0.3 is 6.18 Å². The molecule has 2 nitrogen and oxygen atoms in total. The van der Waals surface area contributed by atoms with Gasteiger partial charge in [-0.3, -0.25) is 0 Å². The third kappa shape index (κ3) is 3.29. The number of halogens is 6. The zero-order valence-electron chi connectivity index (χ0n) is 8.15. The van der Waals surface area contributed by atoms with Crippen LogP contribution in [0, 0.1) is 11.6 Å². The maximum absolute atomic E-state index is 13.1. The Morgan fingerprint density at radius 1 is 1.24 bits per heavy atom. The molecule has 0 fully saturated rings. The zero-order chi connectivity index (χ0) is 13.2. The van der Waals surface area contributed by atoms with Crippen molar-refractivity contribution >= 4 is 23.1 Å². The Morgan fingerprint density at radius 3 is 2.06 bits per heavy atom. The molecule has 94 valence electrons. The van der Waals surface area contributed by atoms with Crippen LogP contribution in [0.5, 0.6) is 0 Å². The van der Waals surface area contributed by atoms with Gasteiger partial charge in [0.25, 0.3) is 0 Å². The topological polar surface area (TPSA) is 38.4 Å². The first-order chi connectivity index (χ1) is 7.75. The van der Waals surface area contributed by atoms with E-state index in [-0.39, 0.29) is 17.4 Å². The minimum Gasteiger partial charge on any atom is -0.386 e. The molecule has 0 heterocycles. The lowest BCUT2D eigenvalue weighted by molar-refractivity contribution is -0.142. The van der Waals surface area contributed by atoms with Crippen molar-refractivity contribution < 1.29 is 22.0 Å². The highest BCUT2D eigenvalue weighted by atomic mass is 35.5. The fourth-order valence-corrected chi connectivity index (χ4v) is 1.15. The van der Waals surface area contributed by atoms with Gasteiger partial charge in [-0.2, -0.15) is 13.2 Å². The summed E-state index contributed by atoms with van der Waals surface area (Å²) in [4.78, 5) is 3.44. The summed E-state index contributed by atoms with van der Waals surface area (Å²) < 4.78 is 62.7. The van der Waals surface area contributed by atoms with Gasteiger partial charge in [-0.05, 0) is 0 Å². The first kappa shape index (κ1) is 13.7. The molecule has 0 aliphatic heterocycles. The standard InChI is InChI=1S/C9H6ClF5N2/c10-3-7(16)17-4-1-5(11)8(6(12)2-4)9(13,14)15/h1-2H,3H2,(H2,16,17). The van der Waals surface area contributed by atoms with Crippen molar-refractivity contribution in [2.24, 2.45) is 10.7 Å². The maximum atomic E-state index is 13.1. The number of rotatable bonds is 2. The summed E-state index contributed by atoms with van der Waals surface area (Å²) in [5.41, 5.74) is 2.85. The molecular weight excluding hydrogens is 267 g/mol. The minimum atomic E-state index is -5.10. The minimum absolute atomic E-state index is 0.162. The molecule has 0 saturated heterocycles. The number of hydrogen-bond acceptors (Lipinski definition) is 1. The largest absolute Gasteiger partial charge is 0.422 e. The van der Waals surface area contributed by atoms with Crippen molar-refractivity contribution in [3.05, 3.63) is 29.3 Å². The van der Waals surface area contributed by atoms with Gasteiger partial charge in [-0.15, -0.1) is 11.6 Å². The average molecular weight is 273 g/mol. The van der Waals surface area contributed by atoms with Gasteiger partial charge in [0, 0.05) is 12.1 Å². The van der Waals surface area contributed by atoms with Crippen molar-refractivity contribution in [2.75, 3.05) is 5.88 Å². The van der Waals surface area contributed by atoms with E-state index in [1.807, 2.05) is 0 Å². The summed E-state index contributed by atoms with van der Waals surface area (Å²) in [6.45, 7) is 0. The van der Waals surface area contributed by atoms with Crippen LogP contribution in [0.15, 0.2) is 17.1 Å². The molecular formula is C9H6ClF5N2. The van der Waals surface area contributed by atoms with Gasteiger partial charge in [-0.25, -0.2) is 13.8 Å². The Labute approximate surface area is 97.9 Å². The number of amidine groups is 1. The summed E-state index contributed by atoms with van der Waals surface area (Å²) in [6.07, 6.45) is -5.10. The highest BCUT2D eigenvalue weighted by Gasteiger charge is 2.37. The fourth-order valence-electron chi connectivity index (χ4n) is 1.09. The van der Waals surface area contributed by atoms with Crippen molar-refractivity contribution in [1.29, 1.82) is 0 Å². The van der Waals surface area contributed by atoms with Crippen LogP contribution in [0.3, 0.4) is 0 Å². The average Bonchev–Trinajstić information content (AvgIpc) is 2.13. The number of alkyl halides is 4. The zero-order valence-corrected chi connectivity index (χ0v) is 8.91. The molecule has 2 N–H and O–H groups in total. The van der Waals surface area contributed by atoms with Crippen LogP contribution in [0.25, 0.3) is 0 Å². The number of nitrogens with zero attached hydrogens (tertiary/aromatic N) is 1. The van der Waals surface area contributed by atoms with Crippen LogP contribution in [0.1, 0.15) is 5.56 Å². The Bertz CT molecular complexity index is 432. The van der Waals surface area contributed by atoms with Gasteiger partial charge in [0.05, 0.1) is 11.6 Å². The van der Waals surface area contributed by atoms with E-state index in [4.69, 9.17) is 17.3 Å². The van der Waals surface area contributed by atoms with Crippen molar-refractivity contribution in [2.45, 2.75) is 6.18 Å². The first-order valence-corrected chi connectivity index (χ1v) is 4.74. The Hall–Kier alpha value is -1.37. The molecule has 0 bridgehead atoms. The van der Waals surface area contributed by atoms with Crippen LogP contribution in [-0.2, 0) is 6.18 Å². The molecule has 1 aromatic rings. The quantitative estimate of drug-likeness (QED) is 0.382. The third-order valence-electron chi connectivity index (χ3n) is 1.72. The lowest BCUT2D eigenvalue weighted by Crippen LogP contribution is -2.13. The molecule has 0 atom stereocenters. The maximum Gasteiger partial charge on any atom is 0.422 e. The predicted molar refractivity (Wildman–Crippen MR) is 53.4 cm³/mol. The Morgan fingerprint density at radius 2 is 1.71 bits per heavy atom. The van der Waals surface area contributed by atoms with E-state index in [1.54, 1.807) is 0 Å². The number of benzene rings is 1. The SMILES string of the molecule is NC(CCl)=Nc1cc(F)c(C(F)(F)F)c(F)c1. The van der Waals surface area contributed by atoms with E-state index in [0.29, 0.717) is 12.1 Å². The summed E-state index contributed by atoms with van der Waals surface area (Å²) >= 11 is 5.26. The Kier molecular flexibility index (Phi) is 3.92. The molecule has 0 spiro atoms. The summed E-state index contributed by atoms with van der Waals surface area (Å²) in [5, 5.41) is 0. The number of nitrogens with two attached hydrogens (primary N) is 1. The van der Waals surface area contributed by atoms with E-state index in [0.717, 1.165) is 0 Å². The summed E-state index contributed by atoms with van der Waals surface area (Å²) in [5.74, 6) is -3.87. The normalized spacial score (nSPS) is 12.9. The number of aliphatic imine (C=N–C) groups is 1. The second kappa shape index (κ2) is 4.87. The first-order valence-electron chi connectivity index (χ1n) is 4.21. The molecule has 0 aliphatic carbocycles. The monoisotopic (exact) mass is 272 g/mol. The second-order valence-electron chi connectivity index (χ2n) is 3.02. The molecule has 0 radical (unpaired) electrons. The summed E-state index contributed by atoms with van der Waals surface area (Å²) in [7, 11) is 0. The van der Waals surface area contributed by atoms with E-state index in [1.165, 1.54) is 0 Å². The molecule has 0 unspecified atom stereocenters. The van der Waals surface area contributed by atoms with E-state index in [9.17, 15) is 22.0 Å². The molecule has 0 aliphatic rings. The van der Waals surface area contributed by atoms with Crippen LogP contribution < -0.4 is 5.73 Å². The van der Waals surface area contributed by atoms with Gasteiger partial charge in [0.1, 0.15) is 23.0 Å². The van der Waals surface area contributed by atoms with Crippen LogP contribution >= 0.6 is 11.6 Å². The summed E-state index contributed by atoms with van der Waals surface area (Å²) in [6, 6.07) is 0.872. The molecule has 1 rings (SSSR count). The van der Waals surface area contributed by atoms with Gasteiger partial charge in [-0.1, -0.05) is 0 Å². The number of hydrogen-bond donors (Lipinski definition) is 1. The van der Waals surface area contributed by atoms with E-state index >= 15 is 0 Å². The lowest BCUT2D eigenvalue weighted by Gasteiger charge is -2.09.